The number of aryl methyl sites for hydroxylation is 1. The van der Waals surface area contributed by atoms with Crippen LogP contribution >= 0.6 is 11.3 Å². The fourth-order valence-electron chi connectivity index (χ4n) is 2.95. The summed E-state index contributed by atoms with van der Waals surface area (Å²) in [5, 5.41) is 6.63. The van der Waals surface area contributed by atoms with Gasteiger partial charge in [0.1, 0.15) is 11.6 Å². The maximum atomic E-state index is 13.3. The number of anilines is 1. The molecule has 8 heteroatoms. The van der Waals surface area contributed by atoms with Crippen molar-refractivity contribution in [2.75, 3.05) is 5.32 Å². The number of primary amides is 1. The molecule has 4 aromatic rings. The highest BCUT2D eigenvalue weighted by molar-refractivity contribution is 7.15. The molecule has 3 N–H and O–H groups in total. The van der Waals surface area contributed by atoms with E-state index in [2.05, 4.69) is 20.3 Å². The number of nitrogens with zero attached hydrogens (tertiary/aromatic N) is 3. The molecule has 0 saturated carbocycles. The van der Waals surface area contributed by atoms with Crippen molar-refractivity contribution in [2.45, 2.75) is 13.5 Å². The van der Waals surface area contributed by atoms with Crippen LogP contribution in [0.3, 0.4) is 0 Å². The Morgan fingerprint density at radius 1 is 1.14 bits per heavy atom. The van der Waals surface area contributed by atoms with E-state index >= 15 is 0 Å². The maximum Gasteiger partial charge on any atom is 0.249 e. The summed E-state index contributed by atoms with van der Waals surface area (Å²) in [7, 11) is 0. The number of carbonyl (C=O) groups excluding carboxylic acids is 1. The third-order valence-corrected chi connectivity index (χ3v) is 5.19. The molecule has 0 aliphatic heterocycles. The van der Waals surface area contributed by atoms with Gasteiger partial charge >= 0.3 is 0 Å². The first-order valence-corrected chi connectivity index (χ1v) is 9.40. The lowest BCUT2D eigenvalue weighted by Gasteiger charge is -2.08. The second kappa shape index (κ2) is 7.32. The smallest absolute Gasteiger partial charge is 0.249 e. The van der Waals surface area contributed by atoms with Crippen molar-refractivity contribution in [1.29, 1.82) is 0 Å². The van der Waals surface area contributed by atoms with Gasteiger partial charge in [0.2, 0.25) is 11.9 Å². The number of fused-ring (bicyclic) bond motifs is 1. The van der Waals surface area contributed by atoms with Crippen molar-refractivity contribution in [1.82, 2.24) is 15.0 Å². The molecule has 6 nitrogen and oxygen atoms in total. The van der Waals surface area contributed by atoms with Crippen molar-refractivity contribution in [3.63, 3.8) is 0 Å². The van der Waals surface area contributed by atoms with Crippen LogP contribution in [0.2, 0.25) is 0 Å². The minimum Gasteiger partial charge on any atom is -0.366 e. The molecular weight excluding hydrogens is 377 g/mol. The number of nitrogens with one attached hydrogen (secondary N) is 1. The third kappa shape index (κ3) is 3.54. The van der Waals surface area contributed by atoms with Gasteiger partial charge in [0.15, 0.2) is 5.82 Å². The van der Waals surface area contributed by atoms with Gasteiger partial charge in [-0.3, -0.25) is 4.79 Å². The van der Waals surface area contributed by atoms with Crippen molar-refractivity contribution in [3.05, 3.63) is 70.6 Å². The normalized spacial score (nSPS) is 10.9. The summed E-state index contributed by atoms with van der Waals surface area (Å²) in [6.45, 7) is 2.17. The number of benzene rings is 2. The fraction of sp³-hybridized carbons (Fsp3) is 0.100. The van der Waals surface area contributed by atoms with Crippen LogP contribution in [0.25, 0.3) is 21.5 Å². The predicted octanol–water partition coefficient (Wildman–Crippen LogP) is 3.91. The van der Waals surface area contributed by atoms with Gasteiger partial charge in [0.25, 0.3) is 0 Å². The van der Waals surface area contributed by atoms with Crippen LogP contribution in [0.4, 0.5) is 10.3 Å². The molecule has 0 bridgehead atoms. The number of thiophene rings is 1. The van der Waals surface area contributed by atoms with Crippen LogP contribution in [0.1, 0.15) is 21.7 Å². The number of amides is 1. The van der Waals surface area contributed by atoms with E-state index in [4.69, 9.17) is 5.73 Å². The second-order valence-electron chi connectivity index (χ2n) is 6.21. The van der Waals surface area contributed by atoms with Crippen LogP contribution in [0.15, 0.2) is 47.8 Å². The Morgan fingerprint density at radius 3 is 2.75 bits per heavy atom. The molecule has 0 atom stereocenters. The molecule has 4 rings (SSSR count). The molecular formula is C20H16FN5OS. The average molecular weight is 393 g/mol. The number of nitrogens with two attached hydrogens (primary N) is 1. The summed E-state index contributed by atoms with van der Waals surface area (Å²) in [6.07, 6.45) is 0. The topological polar surface area (TPSA) is 93.8 Å². The molecule has 0 spiro atoms. The summed E-state index contributed by atoms with van der Waals surface area (Å²) < 4.78 is 13.3. The largest absolute Gasteiger partial charge is 0.366 e. The highest BCUT2D eigenvalue weighted by Gasteiger charge is 2.15. The quantitative estimate of drug-likeness (QED) is 0.536. The van der Waals surface area contributed by atoms with Gasteiger partial charge in [-0.15, -0.1) is 11.3 Å². The Bertz CT molecular complexity index is 1190. The zero-order valence-electron chi connectivity index (χ0n) is 14.9. The summed E-state index contributed by atoms with van der Waals surface area (Å²) >= 11 is 1.44. The Kier molecular flexibility index (Phi) is 4.70. The van der Waals surface area contributed by atoms with Gasteiger partial charge in [-0.2, -0.15) is 9.97 Å². The van der Waals surface area contributed by atoms with Gasteiger partial charge in [0.05, 0.1) is 4.88 Å². The first kappa shape index (κ1) is 18.0. The lowest BCUT2D eigenvalue weighted by atomic mass is 10.1. The first-order valence-electron chi connectivity index (χ1n) is 8.52. The van der Waals surface area contributed by atoms with E-state index < -0.39 is 5.91 Å². The number of halogens is 1. The molecule has 28 heavy (non-hydrogen) atoms. The minimum atomic E-state index is -0.473. The fourth-order valence-corrected chi connectivity index (χ4v) is 3.94. The number of rotatable bonds is 5. The van der Waals surface area contributed by atoms with E-state index in [1.807, 2.05) is 17.5 Å². The predicted molar refractivity (Wildman–Crippen MR) is 108 cm³/mol. The number of hydrogen-bond acceptors (Lipinski definition) is 6. The minimum absolute atomic E-state index is 0.290. The molecule has 140 valence electrons. The van der Waals surface area contributed by atoms with Crippen molar-refractivity contribution >= 4 is 34.0 Å². The van der Waals surface area contributed by atoms with Gasteiger partial charge < -0.3 is 11.1 Å². The van der Waals surface area contributed by atoms with Gasteiger partial charge in [-0.05, 0) is 30.7 Å². The van der Waals surface area contributed by atoms with E-state index in [0.717, 1.165) is 21.2 Å². The van der Waals surface area contributed by atoms with E-state index in [1.54, 1.807) is 25.1 Å². The summed E-state index contributed by atoms with van der Waals surface area (Å²) in [5.74, 6) is 0.705. The summed E-state index contributed by atoms with van der Waals surface area (Å²) in [6, 6.07) is 11.7. The van der Waals surface area contributed by atoms with Crippen LogP contribution in [0, 0.1) is 12.7 Å². The Morgan fingerprint density at radius 2 is 1.96 bits per heavy atom. The van der Waals surface area contributed by atoms with Gasteiger partial charge in [-0.25, -0.2) is 9.37 Å². The zero-order valence-corrected chi connectivity index (χ0v) is 15.8. The van der Waals surface area contributed by atoms with E-state index in [-0.39, 0.29) is 5.82 Å². The number of hydrogen-bond donors (Lipinski definition) is 2. The van der Waals surface area contributed by atoms with Gasteiger partial charge in [0, 0.05) is 28.3 Å². The summed E-state index contributed by atoms with van der Waals surface area (Å²) in [5.41, 5.74) is 6.72. The lowest BCUT2D eigenvalue weighted by molar-refractivity contribution is 0.100. The molecule has 2 aromatic carbocycles. The monoisotopic (exact) mass is 393 g/mol. The molecule has 0 saturated heterocycles. The van der Waals surface area contributed by atoms with Crippen LogP contribution in [0.5, 0.6) is 0 Å². The van der Waals surface area contributed by atoms with E-state index in [0.29, 0.717) is 29.7 Å². The van der Waals surface area contributed by atoms with Crippen LogP contribution in [-0.4, -0.2) is 20.9 Å². The average Bonchev–Trinajstić information content (AvgIpc) is 3.10. The highest BCUT2D eigenvalue weighted by atomic mass is 32.1. The molecule has 0 radical (unpaired) electrons. The molecule has 1 amide bonds. The Balaban J connectivity index is 1.68. The summed E-state index contributed by atoms with van der Waals surface area (Å²) in [4.78, 5) is 25.8. The molecule has 2 aromatic heterocycles. The van der Waals surface area contributed by atoms with Crippen molar-refractivity contribution < 1.29 is 9.18 Å². The van der Waals surface area contributed by atoms with E-state index in [1.165, 1.54) is 23.5 Å². The second-order valence-corrected chi connectivity index (χ2v) is 7.09. The zero-order chi connectivity index (χ0) is 19.7. The Hall–Kier alpha value is -3.39. The van der Waals surface area contributed by atoms with Crippen molar-refractivity contribution in [3.8, 4) is 10.7 Å². The Labute approximate surface area is 164 Å². The number of aromatic nitrogens is 3. The van der Waals surface area contributed by atoms with Crippen LogP contribution < -0.4 is 11.1 Å². The van der Waals surface area contributed by atoms with E-state index in [9.17, 15) is 9.18 Å². The highest BCUT2D eigenvalue weighted by Crippen LogP contribution is 2.35. The lowest BCUT2D eigenvalue weighted by Crippen LogP contribution is -2.10. The van der Waals surface area contributed by atoms with Crippen molar-refractivity contribution in [2.24, 2.45) is 5.73 Å². The molecule has 0 aliphatic carbocycles. The number of carbonyl (C=O) groups is 1. The molecule has 2 heterocycles. The maximum absolute atomic E-state index is 13.3. The first-order chi connectivity index (χ1) is 13.5. The molecule has 0 fully saturated rings. The van der Waals surface area contributed by atoms with Gasteiger partial charge in [-0.1, -0.05) is 24.3 Å². The molecule has 0 aliphatic rings. The van der Waals surface area contributed by atoms with Crippen LogP contribution in [-0.2, 0) is 6.54 Å². The standard InChI is InChI=1S/C20H16FN5OS/c1-11-24-19(17-14-6-3-7-15(18(22)27)16(14)10-28-17)26-20(25-11)23-9-12-4-2-5-13(21)8-12/h2-8,10H,9H2,1H3,(H2,22,27)(H,23,24,25,26). The SMILES string of the molecule is Cc1nc(NCc2cccc(F)c2)nc(-c2scc3c(C(N)=O)cccc23)n1. The third-order valence-electron chi connectivity index (χ3n) is 4.20. The molecule has 0 unspecified atom stereocenters.